The molecule has 2 rings (SSSR count). The number of benzene rings is 1. The lowest BCUT2D eigenvalue weighted by Gasteiger charge is -2.33. The van der Waals surface area contributed by atoms with Crippen molar-refractivity contribution in [2.45, 2.75) is 31.1 Å². The van der Waals surface area contributed by atoms with Gasteiger partial charge in [0.2, 0.25) is 10.0 Å². The second kappa shape index (κ2) is 6.62. The van der Waals surface area contributed by atoms with Crippen LogP contribution in [0.4, 0.5) is 0 Å². The highest BCUT2D eigenvalue weighted by molar-refractivity contribution is 7.88. The zero-order chi connectivity index (χ0) is 14.8. The van der Waals surface area contributed by atoms with Crippen molar-refractivity contribution in [3.8, 4) is 0 Å². The van der Waals surface area contributed by atoms with Gasteiger partial charge >= 0.3 is 0 Å². The van der Waals surface area contributed by atoms with E-state index in [1.807, 2.05) is 0 Å². The van der Waals surface area contributed by atoms with Gasteiger partial charge in [-0.05, 0) is 30.5 Å². The minimum absolute atomic E-state index is 0.0691. The minimum Gasteiger partial charge on any atom is -0.329 e. The van der Waals surface area contributed by atoms with Gasteiger partial charge in [-0.2, -0.15) is 4.31 Å². The Labute approximate surface area is 129 Å². The molecule has 1 aliphatic rings. The van der Waals surface area contributed by atoms with E-state index in [0.29, 0.717) is 28.7 Å². The van der Waals surface area contributed by atoms with Crippen molar-refractivity contribution >= 4 is 33.2 Å². The standard InChI is InChI=1S/C13H18Cl2N2O2S/c14-12-5-4-10(7-13(12)15)9-20(18,19)17-6-2-1-3-11(17)8-16/h4-5,7,11H,1-3,6,8-9,16H2. The zero-order valence-electron chi connectivity index (χ0n) is 11.1. The molecule has 0 spiro atoms. The minimum atomic E-state index is -3.38. The van der Waals surface area contributed by atoms with Crippen LogP contribution in [0.25, 0.3) is 0 Å². The van der Waals surface area contributed by atoms with Crippen LogP contribution in [-0.4, -0.2) is 31.9 Å². The SMILES string of the molecule is NCC1CCCCN1S(=O)(=O)Cc1ccc(Cl)c(Cl)c1. The van der Waals surface area contributed by atoms with E-state index in [0.717, 1.165) is 19.3 Å². The zero-order valence-corrected chi connectivity index (χ0v) is 13.4. The Morgan fingerprint density at radius 3 is 2.65 bits per heavy atom. The average molecular weight is 337 g/mol. The lowest BCUT2D eigenvalue weighted by Crippen LogP contribution is -2.47. The molecule has 0 aliphatic carbocycles. The van der Waals surface area contributed by atoms with Gasteiger partial charge in [0.1, 0.15) is 0 Å². The highest BCUT2D eigenvalue weighted by Gasteiger charge is 2.31. The summed E-state index contributed by atoms with van der Waals surface area (Å²) in [7, 11) is -3.38. The average Bonchev–Trinajstić information content (AvgIpc) is 2.42. The highest BCUT2D eigenvalue weighted by Crippen LogP contribution is 2.26. The van der Waals surface area contributed by atoms with Gasteiger partial charge in [0, 0.05) is 19.1 Å². The van der Waals surface area contributed by atoms with Crippen LogP contribution < -0.4 is 5.73 Å². The summed E-state index contributed by atoms with van der Waals surface area (Å²) in [4.78, 5) is 0. The predicted octanol–water partition coefficient (Wildman–Crippen LogP) is 2.64. The molecule has 2 N–H and O–H groups in total. The van der Waals surface area contributed by atoms with E-state index < -0.39 is 10.0 Å². The van der Waals surface area contributed by atoms with Gasteiger partial charge in [0.05, 0.1) is 15.8 Å². The lowest BCUT2D eigenvalue weighted by molar-refractivity contribution is 0.257. The molecular weight excluding hydrogens is 319 g/mol. The molecule has 0 aromatic heterocycles. The summed E-state index contributed by atoms with van der Waals surface area (Å²) in [6, 6.07) is 4.82. The van der Waals surface area contributed by atoms with E-state index in [1.54, 1.807) is 22.5 Å². The van der Waals surface area contributed by atoms with Gasteiger partial charge < -0.3 is 5.73 Å². The highest BCUT2D eigenvalue weighted by atomic mass is 35.5. The normalized spacial score (nSPS) is 21.1. The van der Waals surface area contributed by atoms with Gasteiger partial charge in [0.25, 0.3) is 0 Å². The molecule has 0 amide bonds. The fraction of sp³-hybridized carbons (Fsp3) is 0.538. The summed E-state index contributed by atoms with van der Waals surface area (Å²) < 4.78 is 26.6. The second-order valence-electron chi connectivity index (χ2n) is 5.00. The van der Waals surface area contributed by atoms with Crippen molar-refractivity contribution < 1.29 is 8.42 Å². The summed E-state index contributed by atoms with van der Waals surface area (Å²) in [6.07, 6.45) is 2.74. The number of sulfonamides is 1. The molecule has 1 aromatic carbocycles. The van der Waals surface area contributed by atoms with E-state index in [9.17, 15) is 8.42 Å². The fourth-order valence-corrected chi connectivity index (χ4v) is 4.64. The molecule has 0 bridgehead atoms. The summed E-state index contributed by atoms with van der Waals surface area (Å²) in [6.45, 7) is 0.909. The maximum Gasteiger partial charge on any atom is 0.218 e. The van der Waals surface area contributed by atoms with Crippen molar-refractivity contribution in [1.82, 2.24) is 4.31 Å². The third-order valence-corrected chi connectivity index (χ3v) is 6.17. The molecule has 1 heterocycles. The maximum atomic E-state index is 12.5. The smallest absolute Gasteiger partial charge is 0.218 e. The molecule has 112 valence electrons. The molecule has 1 fully saturated rings. The van der Waals surface area contributed by atoms with E-state index in [1.165, 1.54) is 0 Å². The molecule has 1 aliphatic heterocycles. The van der Waals surface area contributed by atoms with E-state index in [4.69, 9.17) is 28.9 Å². The predicted molar refractivity (Wildman–Crippen MR) is 82.5 cm³/mol. The van der Waals surface area contributed by atoms with Gasteiger partial charge in [0.15, 0.2) is 0 Å². The van der Waals surface area contributed by atoms with Crippen molar-refractivity contribution in [2.75, 3.05) is 13.1 Å². The van der Waals surface area contributed by atoms with Gasteiger partial charge in [-0.1, -0.05) is 35.7 Å². The summed E-state index contributed by atoms with van der Waals surface area (Å²) in [5, 5.41) is 0.791. The molecule has 1 saturated heterocycles. The number of nitrogens with zero attached hydrogens (tertiary/aromatic N) is 1. The van der Waals surface area contributed by atoms with Crippen LogP contribution in [0.1, 0.15) is 24.8 Å². The Morgan fingerprint density at radius 1 is 1.25 bits per heavy atom. The first kappa shape index (κ1) is 16.0. The van der Waals surface area contributed by atoms with Gasteiger partial charge in [-0.3, -0.25) is 0 Å². The Balaban J connectivity index is 2.19. The second-order valence-corrected chi connectivity index (χ2v) is 7.74. The molecule has 20 heavy (non-hydrogen) atoms. The quantitative estimate of drug-likeness (QED) is 0.919. The summed E-state index contributed by atoms with van der Waals surface area (Å²) >= 11 is 11.8. The topological polar surface area (TPSA) is 63.4 Å². The number of nitrogens with two attached hydrogens (primary N) is 1. The first-order chi connectivity index (χ1) is 9.44. The van der Waals surface area contributed by atoms with E-state index in [-0.39, 0.29) is 11.8 Å². The van der Waals surface area contributed by atoms with Crippen molar-refractivity contribution in [3.63, 3.8) is 0 Å². The third-order valence-electron chi connectivity index (χ3n) is 3.54. The lowest BCUT2D eigenvalue weighted by atomic mass is 10.1. The number of piperidine rings is 1. The fourth-order valence-electron chi connectivity index (χ4n) is 2.50. The molecule has 0 radical (unpaired) electrons. The Bertz CT molecular complexity index is 578. The van der Waals surface area contributed by atoms with Crippen molar-refractivity contribution in [3.05, 3.63) is 33.8 Å². The van der Waals surface area contributed by atoms with Crippen LogP contribution in [0.2, 0.25) is 10.0 Å². The summed E-state index contributed by atoms with van der Waals surface area (Å²) in [5.74, 6) is -0.0691. The van der Waals surface area contributed by atoms with Crippen LogP contribution in [-0.2, 0) is 15.8 Å². The Hall–Kier alpha value is -0.330. The van der Waals surface area contributed by atoms with E-state index in [2.05, 4.69) is 0 Å². The number of hydrogen-bond acceptors (Lipinski definition) is 3. The van der Waals surface area contributed by atoms with Crippen LogP contribution in [0.15, 0.2) is 18.2 Å². The molecule has 1 aromatic rings. The summed E-state index contributed by atoms with van der Waals surface area (Å²) in [5.41, 5.74) is 6.32. The van der Waals surface area contributed by atoms with Crippen LogP contribution in [0, 0.1) is 0 Å². The Morgan fingerprint density at radius 2 is 2.00 bits per heavy atom. The number of rotatable bonds is 4. The third kappa shape index (κ3) is 3.65. The maximum absolute atomic E-state index is 12.5. The van der Waals surface area contributed by atoms with Crippen LogP contribution in [0.3, 0.4) is 0 Å². The van der Waals surface area contributed by atoms with Gasteiger partial charge in [-0.15, -0.1) is 0 Å². The molecule has 7 heteroatoms. The first-order valence-electron chi connectivity index (χ1n) is 6.57. The van der Waals surface area contributed by atoms with Gasteiger partial charge in [-0.25, -0.2) is 8.42 Å². The molecule has 4 nitrogen and oxygen atoms in total. The first-order valence-corrected chi connectivity index (χ1v) is 8.94. The monoisotopic (exact) mass is 336 g/mol. The van der Waals surface area contributed by atoms with Crippen molar-refractivity contribution in [2.24, 2.45) is 5.73 Å². The Kier molecular flexibility index (Phi) is 5.31. The molecule has 0 saturated carbocycles. The molecular formula is C13H18Cl2N2O2S. The molecule has 1 unspecified atom stereocenters. The number of halogens is 2. The molecule has 1 atom stereocenters. The number of hydrogen-bond donors (Lipinski definition) is 1. The largest absolute Gasteiger partial charge is 0.329 e. The van der Waals surface area contributed by atoms with Crippen molar-refractivity contribution in [1.29, 1.82) is 0 Å². The van der Waals surface area contributed by atoms with Crippen LogP contribution >= 0.6 is 23.2 Å². The van der Waals surface area contributed by atoms with E-state index >= 15 is 0 Å². The van der Waals surface area contributed by atoms with Crippen LogP contribution in [0.5, 0.6) is 0 Å².